The zero-order valence-corrected chi connectivity index (χ0v) is 12.7. The average molecular weight is 285 g/mol. The highest BCUT2D eigenvalue weighted by Gasteiger charge is 2.41. The van der Waals surface area contributed by atoms with Crippen LogP contribution in [-0.4, -0.2) is 68.0 Å². The first kappa shape index (κ1) is 16.4. The normalized spacial score (nSPS) is 19.8. The Labute approximate surface area is 119 Å². The number of hydrogen-bond acceptors (Lipinski definition) is 4. The molecule has 0 radical (unpaired) electrons. The third kappa shape index (κ3) is 3.69. The van der Waals surface area contributed by atoms with Gasteiger partial charge in [0.05, 0.1) is 13.0 Å². The number of methoxy groups -OCH3 is 1. The number of amides is 4. The predicted octanol–water partition coefficient (Wildman–Crippen LogP) is 0.0577. The number of carbonyl (C=O) groups excluding carboxylic acids is 3. The van der Waals surface area contributed by atoms with Gasteiger partial charge in [-0.25, -0.2) is 4.79 Å². The topological polar surface area (TPSA) is 79.0 Å². The Hall–Kier alpha value is -1.63. The van der Waals surface area contributed by atoms with Crippen LogP contribution in [-0.2, 0) is 14.3 Å². The molecule has 1 aliphatic heterocycles. The summed E-state index contributed by atoms with van der Waals surface area (Å²) in [4.78, 5) is 37.6. The molecule has 0 aromatic carbocycles. The molecule has 0 aliphatic carbocycles. The number of ether oxygens (including phenoxy) is 1. The minimum Gasteiger partial charge on any atom is -0.384 e. The standard InChI is InChI=1S/C13H23N3O4/c1-13(2,8-20-5)7-14-10(17)6-9-11(18)16(4)12(19)15(9)3/h9H,6-8H2,1-5H3,(H,14,17)/t9-/m0/s1. The van der Waals surface area contributed by atoms with Crippen LogP contribution in [0.15, 0.2) is 0 Å². The molecule has 0 saturated carbocycles. The van der Waals surface area contributed by atoms with Gasteiger partial charge in [0, 0.05) is 33.2 Å². The van der Waals surface area contributed by atoms with Gasteiger partial charge < -0.3 is 15.0 Å². The molecule has 7 nitrogen and oxygen atoms in total. The summed E-state index contributed by atoms with van der Waals surface area (Å²) in [6, 6.07) is -1.09. The van der Waals surface area contributed by atoms with Gasteiger partial charge in [0.15, 0.2) is 0 Å². The molecule has 1 saturated heterocycles. The molecular weight excluding hydrogens is 262 g/mol. The maximum Gasteiger partial charge on any atom is 0.326 e. The first-order valence-corrected chi connectivity index (χ1v) is 6.49. The van der Waals surface area contributed by atoms with Gasteiger partial charge in [-0.15, -0.1) is 0 Å². The lowest BCUT2D eigenvalue weighted by Crippen LogP contribution is -2.41. The van der Waals surface area contributed by atoms with Crippen molar-refractivity contribution in [3.8, 4) is 0 Å². The van der Waals surface area contributed by atoms with Crippen molar-refractivity contribution in [2.24, 2.45) is 5.41 Å². The van der Waals surface area contributed by atoms with E-state index in [1.807, 2.05) is 13.8 Å². The Morgan fingerprint density at radius 2 is 1.95 bits per heavy atom. The Bertz CT molecular complexity index is 408. The number of nitrogens with one attached hydrogen (secondary N) is 1. The fraction of sp³-hybridized carbons (Fsp3) is 0.769. The van der Waals surface area contributed by atoms with E-state index in [9.17, 15) is 14.4 Å². The minimum atomic E-state index is -0.710. The molecule has 1 aliphatic rings. The minimum absolute atomic E-state index is 0.0194. The second kappa shape index (κ2) is 6.21. The summed E-state index contributed by atoms with van der Waals surface area (Å²) in [6.07, 6.45) is -0.0194. The van der Waals surface area contributed by atoms with E-state index >= 15 is 0 Å². The van der Waals surface area contributed by atoms with Gasteiger partial charge in [-0.1, -0.05) is 13.8 Å². The van der Waals surface area contributed by atoms with Crippen LogP contribution in [0.25, 0.3) is 0 Å². The Balaban J connectivity index is 2.51. The van der Waals surface area contributed by atoms with Gasteiger partial charge in [-0.3, -0.25) is 14.5 Å². The molecule has 0 aromatic rings. The molecule has 0 spiro atoms. The smallest absolute Gasteiger partial charge is 0.326 e. The summed E-state index contributed by atoms with van der Waals surface area (Å²) in [5.41, 5.74) is -0.178. The van der Waals surface area contributed by atoms with Crippen molar-refractivity contribution in [1.82, 2.24) is 15.1 Å². The second-order valence-corrected chi connectivity index (χ2v) is 5.88. The SMILES string of the molecule is COCC(C)(C)CNC(=O)C[C@H]1C(=O)N(C)C(=O)N1C. The summed E-state index contributed by atoms with van der Waals surface area (Å²) in [6.45, 7) is 4.92. The van der Waals surface area contributed by atoms with Crippen molar-refractivity contribution in [1.29, 1.82) is 0 Å². The molecule has 7 heteroatoms. The summed E-state index contributed by atoms with van der Waals surface area (Å²) < 4.78 is 5.07. The molecule has 0 bridgehead atoms. The summed E-state index contributed by atoms with van der Waals surface area (Å²) in [7, 11) is 4.55. The maximum atomic E-state index is 11.9. The maximum absolute atomic E-state index is 11.9. The third-order valence-corrected chi connectivity index (χ3v) is 3.35. The van der Waals surface area contributed by atoms with E-state index in [0.29, 0.717) is 13.2 Å². The first-order valence-electron chi connectivity index (χ1n) is 6.49. The molecule has 0 aromatic heterocycles. The van der Waals surface area contributed by atoms with Crippen molar-refractivity contribution in [2.45, 2.75) is 26.3 Å². The van der Waals surface area contributed by atoms with Gasteiger partial charge in [0.1, 0.15) is 6.04 Å². The zero-order chi connectivity index (χ0) is 15.5. The molecule has 1 atom stereocenters. The summed E-state index contributed by atoms with van der Waals surface area (Å²) in [5, 5.41) is 2.78. The van der Waals surface area contributed by atoms with E-state index in [1.54, 1.807) is 7.11 Å². The number of carbonyl (C=O) groups is 3. The van der Waals surface area contributed by atoms with Crippen molar-refractivity contribution >= 4 is 17.8 Å². The van der Waals surface area contributed by atoms with E-state index in [2.05, 4.69) is 5.32 Å². The van der Waals surface area contributed by atoms with Gasteiger partial charge in [0.25, 0.3) is 5.91 Å². The fourth-order valence-electron chi connectivity index (χ4n) is 2.11. The summed E-state index contributed by atoms with van der Waals surface area (Å²) >= 11 is 0. The van der Waals surface area contributed by atoms with Crippen molar-refractivity contribution < 1.29 is 19.1 Å². The Morgan fingerprint density at radius 3 is 2.40 bits per heavy atom. The van der Waals surface area contributed by atoms with E-state index in [4.69, 9.17) is 4.74 Å². The van der Waals surface area contributed by atoms with Crippen LogP contribution in [0.4, 0.5) is 4.79 Å². The van der Waals surface area contributed by atoms with Crippen LogP contribution < -0.4 is 5.32 Å². The molecule has 1 N–H and O–H groups in total. The number of rotatable bonds is 6. The van der Waals surface area contributed by atoms with Crippen molar-refractivity contribution in [3.05, 3.63) is 0 Å². The summed E-state index contributed by atoms with van der Waals surface area (Å²) in [5.74, 6) is -0.591. The van der Waals surface area contributed by atoms with Crippen LogP contribution in [0, 0.1) is 5.41 Å². The Kier molecular flexibility index (Phi) is 5.10. The highest BCUT2D eigenvalue weighted by atomic mass is 16.5. The molecule has 4 amide bonds. The lowest BCUT2D eigenvalue weighted by atomic mass is 9.95. The largest absolute Gasteiger partial charge is 0.384 e. The first-order chi connectivity index (χ1) is 9.19. The second-order valence-electron chi connectivity index (χ2n) is 5.88. The van der Waals surface area contributed by atoms with Crippen molar-refractivity contribution in [2.75, 3.05) is 34.4 Å². The van der Waals surface area contributed by atoms with E-state index in [0.717, 1.165) is 4.90 Å². The monoisotopic (exact) mass is 285 g/mol. The van der Waals surface area contributed by atoms with Crippen LogP contribution in [0.1, 0.15) is 20.3 Å². The Morgan fingerprint density at radius 1 is 1.35 bits per heavy atom. The predicted molar refractivity (Wildman–Crippen MR) is 73.0 cm³/mol. The quantitative estimate of drug-likeness (QED) is 0.700. The van der Waals surface area contributed by atoms with E-state index in [1.165, 1.54) is 19.0 Å². The fourth-order valence-corrected chi connectivity index (χ4v) is 2.11. The van der Waals surface area contributed by atoms with Crippen LogP contribution >= 0.6 is 0 Å². The molecular formula is C13H23N3O4. The average Bonchev–Trinajstić information content (AvgIpc) is 2.54. The molecule has 114 valence electrons. The molecule has 1 fully saturated rings. The number of likely N-dealkylation sites (N-methyl/N-ethyl adjacent to an activating group) is 2. The molecule has 0 unspecified atom stereocenters. The third-order valence-electron chi connectivity index (χ3n) is 3.35. The van der Waals surface area contributed by atoms with Crippen LogP contribution in [0.2, 0.25) is 0 Å². The lowest BCUT2D eigenvalue weighted by molar-refractivity contribution is -0.131. The van der Waals surface area contributed by atoms with Crippen LogP contribution in [0.3, 0.4) is 0 Å². The molecule has 1 heterocycles. The van der Waals surface area contributed by atoms with E-state index < -0.39 is 6.04 Å². The van der Waals surface area contributed by atoms with Gasteiger partial charge in [-0.2, -0.15) is 0 Å². The highest BCUT2D eigenvalue weighted by Crippen LogP contribution is 2.17. The number of imide groups is 1. The van der Waals surface area contributed by atoms with E-state index in [-0.39, 0.29) is 29.7 Å². The number of urea groups is 1. The molecule has 20 heavy (non-hydrogen) atoms. The number of hydrogen-bond donors (Lipinski definition) is 1. The number of nitrogens with zero attached hydrogens (tertiary/aromatic N) is 2. The zero-order valence-electron chi connectivity index (χ0n) is 12.7. The van der Waals surface area contributed by atoms with Gasteiger partial charge in [0.2, 0.25) is 5.91 Å². The highest BCUT2D eigenvalue weighted by molar-refractivity contribution is 6.05. The van der Waals surface area contributed by atoms with Gasteiger partial charge in [-0.05, 0) is 0 Å². The lowest BCUT2D eigenvalue weighted by Gasteiger charge is -2.24. The van der Waals surface area contributed by atoms with Crippen LogP contribution in [0.5, 0.6) is 0 Å². The van der Waals surface area contributed by atoms with Gasteiger partial charge >= 0.3 is 6.03 Å². The van der Waals surface area contributed by atoms with Crippen molar-refractivity contribution in [3.63, 3.8) is 0 Å². The molecule has 1 rings (SSSR count).